The van der Waals surface area contributed by atoms with Crippen molar-refractivity contribution in [3.63, 3.8) is 0 Å². The van der Waals surface area contributed by atoms with Crippen LogP contribution in [0.1, 0.15) is 29.7 Å². The number of aryl methyl sites for hydroxylation is 1. The van der Waals surface area contributed by atoms with E-state index in [0.717, 1.165) is 5.52 Å². The highest BCUT2D eigenvalue weighted by Crippen LogP contribution is 2.25. The molecular weight excluding hydrogens is 220 g/mol. The Hall–Kier alpha value is -2.09. The van der Waals surface area contributed by atoms with E-state index >= 15 is 0 Å². The van der Waals surface area contributed by atoms with Gasteiger partial charge in [-0.15, -0.1) is 0 Å². The van der Waals surface area contributed by atoms with Crippen LogP contribution >= 0.6 is 0 Å². The monoisotopic (exact) mass is 236 g/mol. The van der Waals surface area contributed by atoms with E-state index in [4.69, 9.17) is 0 Å². The average molecular weight is 236 g/mol. The fraction of sp³-hybridized carbons (Fsp3) is 0.188. The third-order valence-corrected chi connectivity index (χ3v) is 3.47. The first-order valence-electron chi connectivity index (χ1n) is 6.23. The molecule has 0 saturated heterocycles. The van der Waals surface area contributed by atoms with Gasteiger partial charge in [-0.2, -0.15) is 0 Å². The van der Waals surface area contributed by atoms with E-state index in [0.29, 0.717) is 5.92 Å². The molecule has 18 heavy (non-hydrogen) atoms. The van der Waals surface area contributed by atoms with Crippen LogP contribution in [0.2, 0.25) is 0 Å². The van der Waals surface area contributed by atoms with Gasteiger partial charge >= 0.3 is 0 Å². The van der Waals surface area contributed by atoms with Gasteiger partial charge in [-0.25, -0.2) is 4.98 Å². The molecule has 2 aromatic heterocycles. The minimum atomic E-state index is 0.364. The van der Waals surface area contributed by atoms with Crippen molar-refractivity contribution < 1.29 is 0 Å². The predicted octanol–water partition coefficient (Wildman–Crippen LogP) is 3.79. The molecule has 2 heteroatoms. The van der Waals surface area contributed by atoms with Gasteiger partial charge in [0.1, 0.15) is 0 Å². The molecule has 1 aromatic carbocycles. The molecule has 2 heterocycles. The van der Waals surface area contributed by atoms with Crippen molar-refractivity contribution in [2.24, 2.45) is 0 Å². The summed E-state index contributed by atoms with van der Waals surface area (Å²) in [6.07, 6.45) is 3.78. The van der Waals surface area contributed by atoms with E-state index in [1.165, 1.54) is 16.8 Å². The summed E-state index contributed by atoms with van der Waals surface area (Å²) in [4.78, 5) is 4.22. The summed E-state index contributed by atoms with van der Waals surface area (Å²) in [5, 5.41) is 0. The van der Waals surface area contributed by atoms with Crippen molar-refractivity contribution in [2.45, 2.75) is 19.8 Å². The van der Waals surface area contributed by atoms with Gasteiger partial charge in [-0.1, -0.05) is 42.8 Å². The highest BCUT2D eigenvalue weighted by atomic mass is 15.0. The van der Waals surface area contributed by atoms with Crippen molar-refractivity contribution in [1.29, 1.82) is 0 Å². The third kappa shape index (κ3) is 1.80. The second-order valence-corrected chi connectivity index (χ2v) is 4.77. The zero-order chi connectivity index (χ0) is 12.5. The highest BCUT2D eigenvalue weighted by Gasteiger charge is 2.11. The third-order valence-electron chi connectivity index (χ3n) is 3.47. The lowest BCUT2D eigenvalue weighted by Crippen LogP contribution is -2.02. The SMILES string of the molecule is Cc1cccc(C(C)c2cccc3cncn23)c1. The molecule has 1 atom stereocenters. The van der Waals surface area contributed by atoms with Crippen molar-refractivity contribution in [3.05, 3.63) is 71.8 Å². The van der Waals surface area contributed by atoms with Gasteiger partial charge in [-0.05, 0) is 24.6 Å². The van der Waals surface area contributed by atoms with Gasteiger partial charge in [-0.3, -0.25) is 0 Å². The first kappa shape index (κ1) is 11.0. The Kier molecular flexibility index (Phi) is 2.63. The lowest BCUT2D eigenvalue weighted by atomic mass is 9.95. The number of pyridine rings is 1. The molecule has 0 spiro atoms. The molecule has 0 aliphatic carbocycles. The Bertz CT molecular complexity index is 682. The Labute approximate surface area is 107 Å². The number of imidazole rings is 1. The number of fused-ring (bicyclic) bond motifs is 1. The molecule has 0 radical (unpaired) electrons. The van der Waals surface area contributed by atoms with Crippen molar-refractivity contribution in [1.82, 2.24) is 9.38 Å². The van der Waals surface area contributed by atoms with Gasteiger partial charge in [0.25, 0.3) is 0 Å². The number of aromatic nitrogens is 2. The van der Waals surface area contributed by atoms with E-state index in [-0.39, 0.29) is 0 Å². The standard InChI is InChI=1S/C16H16N2/c1-12-5-3-6-14(9-12)13(2)16-8-4-7-15-10-17-11-18(15)16/h3-11,13H,1-2H3. The van der Waals surface area contributed by atoms with E-state index < -0.39 is 0 Å². The summed E-state index contributed by atoms with van der Waals surface area (Å²) in [6.45, 7) is 4.37. The first-order valence-corrected chi connectivity index (χ1v) is 6.23. The molecule has 0 amide bonds. The smallest absolute Gasteiger partial charge is 0.0994 e. The maximum atomic E-state index is 4.22. The quantitative estimate of drug-likeness (QED) is 0.661. The summed E-state index contributed by atoms with van der Waals surface area (Å²) in [5.41, 5.74) is 5.07. The minimum Gasteiger partial charge on any atom is -0.303 e. The number of rotatable bonds is 2. The Morgan fingerprint density at radius 1 is 1.11 bits per heavy atom. The Morgan fingerprint density at radius 3 is 2.78 bits per heavy atom. The molecule has 0 N–H and O–H groups in total. The van der Waals surface area contributed by atoms with Crippen LogP contribution in [0.3, 0.4) is 0 Å². The molecule has 1 unspecified atom stereocenters. The summed E-state index contributed by atoms with van der Waals surface area (Å²) in [6, 6.07) is 15.0. The molecular formula is C16H16N2. The molecule has 0 aliphatic rings. The fourth-order valence-corrected chi connectivity index (χ4v) is 2.43. The van der Waals surface area contributed by atoms with Crippen LogP contribution < -0.4 is 0 Å². The number of hydrogen-bond acceptors (Lipinski definition) is 1. The Morgan fingerprint density at radius 2 is 1.94 bits per heavy atom. The fourth-order valence-electron chi connectivity index (χ4n) is 2.43. The first-order chi connectivity index (χ1) is 8.75. The molecule has 0 aliphatic heterocycles. The highest BCUT2D eigenvalue weighted by molar-refractivity contribution is 5.47. The summed E-state index contributed by atoms with van der Waals surface area (Å²) in [5.74, 6) is 0.364. The predicted molar refractivity (Wildman–Crippen MR) is 73.9 cm³/mol. The minimum absolute atomic E-state index is 0.364. The summed E-state index contributed by atoms with van der Waals surface area (Å²) >= 11 is 0. The van der Waals surface area contributed by atoms with Crippen LogP contribution in [0.4, 0.5) is 0 Å². The van der Waals surface area contributed by atoms with E-state index in [9.17, 15) is 0 Å². The van der Waals surface area contributed by atoms with E-state index in [2.05, 4.69) is 65.7 Å². The largest absolute Gasteiger partial charge is 0.303 e. The van der Waals surface area contributed by atoms with Gasteiger partial charge in [0, 0.05) is 11.6 Å². The van der Waals surface area contributed by atoms with Crippen molar-refractivity contribution in [2.75, 3.05) is 0 Å². The summed E-state index contributed by atoms with van der Waals surface area (Å²) < 4.78 is 2.16. The van der Waals surface area contributed by atoms with Crippen molar-refractivity contribution in [3.8, 4) is 0 Å². The molecule has 90 valence electrons. The second-order valence-electron chi connectivity index (χ2n) is 4.77. The van der Waals surface area contributed by atoms with Crippen LogP contribution in [0, 0.1) is 6.92 Å². The molecule has 0 saturated carbocycles. The van der Waals surface area contributed by atoms with E-state index in [1.807, 2.05) is 12.5 Å². The molecule has 3 aromatic rings. The van der Waals surface area contributed by atoms with Crippen molar-refractivity contribution >= 4 is 5.52 Å². The van der Waals surface area contributed by atoms with Crippen LogP contribution in [-0.4, -0.2) is 9.38 Å². The Balaban J connectivity index is 2.12. The summed E-state index contributed by atoms with van der Waals surface area (Å²) in [7, 11) is 0. The lowest BCUT2D eigenvalue weighted by molar-refractivity contribution is 0.842. The lowest BCUT2D eigenvalue weighted by Gasteiger charge is -2.15. The van der Waals surface area contributed by atoms with Gasteiger partial charge in [0.2, 0.25) is 0 Å². The van der Waals surface area contributed by atoms with Gasteiger partial charge < -0.3 is 4.40 Å². The van der Waals surface area contributed by atoms with Crippen LogP contribution in [0.5, 0.6) is 0 Å². The number of hydrogen-bond donors (Lipinski definition) is 0. The second kappa shape index (κ2) is 4.30. The molecule has 3 rings (SSSR count). The molecule has 0 bridgehead atoms. The van der Waals surface area contributed by atoms with Gasteiger partial charge in [0.05, 0.1) is 18.0 Å². The van der Waals surface area contributed by atoms with Crippen LogP contribution in [-0.2, 0) is 0 Å². The zero-order valence-corrected chi connectivity index (χ0v) is 10.7. The average Bonchev–Trinajstić information content (AvgIpc) is 2.86. The number of nitrogens with zero attached hydrogens (tertiary/aromatic N) is 2. The molecule has 2 nitrogen and oxygen atoms in total. The zero-order valence-electron chi connectivity index (χ0n) is 10.7. The van der Waals surface area contributed by atoms with Crippen LogP contribution in [0.25, 0.3) is 5.52 Å². The van der Waals surface area contributed by atoms with E-state index in [1.54, 1.807) is 0 Å². The maximum Gasteiger partial charge on any atom is 0.0994 e. The normalized spacial score (nSPS) is 12.8. The van der Waals surface area contributed by atoms with Gasteiger partial charge in [0.15, 0.2) is 0 Å². The van der Waals surface area contributed by atoms with Crippen LogP contribution in [0.15, 0.2) is 55.0 Å². The maximum absolute atomic E-state index is 4.22. The number of benzene rings is 1. The topological polar surface area (TPSA) is 17.3 Å². The molecule has 0 fully saturated rings.